The van der Waals surface area contributed by atoms with Gasteiger partial charge in [0.1, 0.15) is 5.75 Å². The molecule has 4 nitrogen and oxygen atoms in total. The van der Waals surface area contributed by atoms with Gasteiger partial charge in [0.15, 0.2) is 0 Å². The van der Waals surface area contributed by atoms with E-state index in [9.17, 15) is 15.0 Å². The topological polar surface area (TPSA) is 60.8 Å². The highest BCUT2D eigenvalue weighted by molar-refractivity contribution is 5.97. The van der Waals surface area contributed by atoms with Crippen molar-refractivity contribution in [1.29, 1.82) is 0 Å². The summed E-state index contributed by atoms with van der Waals surface area (Å²) in [6.07, 6.45) is 0.707. The van der Waals surface area contributed by atoms with Crippen LogP contribution in [0.5, 0.6) is 5.75 Å². The Balaban J connectivity index is 2.12. The van der Waals surface area contributed by atoms with E-state index in [1.165, 1.54) is 6.07 Å². The first-order chi connectivity index (χ1) is 10.6. The molecule has 0 atom stereocenters. The van der Waals surface area contributed by atoms with Gasteiger partial charge in [-0.2, -0.15) is 0 Å². The van der Waals surface area contributed by atoms with Crippen LogP contribution in [0.25, 0.3) is 0 Å². The zero-order valence-electron chi connectivity index (χ0n) is 12.7. The fourth-order valence-corrected chi connectivity index (χ4v) is 2.34. The van der Waals surface area contributed by atoms with Crippen LogP contribution >= 0.6 is 0 Å². The largest absolute Gasteiger partial charge is 0.507 e. The molecule has 0 bridgehead atoms. The van der Waals surface area contributed by atoms with Crippen LogP contribution in [-0.2, 0) is 6.42 Å². The number of nitrogens with zero attached hydrogens (tertiary/aromatic N) is 1. The second-order valence-electron chi connectivity index (χ2n) is 5.27. The Morgan fingerprint density at radius 2 is 1.82 bits per heavy atom. The molecular weight excluding hydrogens is 278 g/mol. The van der Waals surface area contributed by atoms with Gasteiger partial charge in [0.25, 0.3) is 5.91 Å². The summed E-state index contributed by atoms with van der Waals surface area (Å²) in [5, 5.41) is 19.1. The molecule has 22 heavy (non-hydrogen) atoms. The molecule has 2 rings (SSSR count). The minimum atomic E-state index is -0.258. The van der Waals surface area contributed by atoms with Crippen LogP contribution in [0.2, 0.25) is 0 Å². The third-order valence-electron chi connectivity index (χ3n) is 3.55. The monoisotopic (exact) mass is 299 g/mol. The van der Waals surface area contributed by atoms with E-state index in [4.69, 9.17) is 0 Å². The minimum absolute atomic E-state index is 0.0294. The fraction of sp³-hybridized carbons (Fsp3) is 0.278. The number of amides is 1. The van der Waals surface area contributed by atoms with Crippen molar-refractivity contribution in [3.8, 4) is 5.75 Å². The van der Waals surface area contributed by atoms with E-state index in [1.807, 2.05) is 37.3 Å². The molecule has 0 saturated heterocycles. The van der Waals surface area contributed by atoms with Crippen molar-refractivity contribution in [3.63, 3.8) is 0 Å². The first-order valence-electron chi connectivity index (χ1n) is 7.35. The SMILES string of the molecule is Cc1ccc(O)c(C(=O)N(CCO)CCc2ccccc2)c1. The van der Waals surface area contributed by atoms with Gasteiger partial charge in [-0.1, -0.05) is 42.0 Å². The average Bonchev–Trinajstić information content (AvgIpc) is 2.54. The summed E-state index contributed by atoms with van der Waals surface area (Å²) in [7, 11) is 0. The number of phenolic OH excluding ortho intramolecular Hbond substituents is 1. The molecule has 1 amide bonds. The summed E-state index contributed by atoms with van der Waals surface area (Å²) in [5.74, 6) is -0.288. The van der Waals surface area contributed by atoms with Crippen LogP contribution in [0.4, 0.5) is 0 Å². The average molecular weight is 299 g/mol. The molecule has 0 aliphatic rings. The van der Waals surface area contributed by atoms with Crippen LogP contribution in [0.1, 0.15) is 21.5 Å². The van der Waals surface area contributed by atoms with Gasteiger partial charge in [0.05, 0.1) is 12.2 Å². The molecule has 4 heteroatoms. The molecule has 0 saturated carbocycles. The van der Waals surface area contributed by atoms with Gasteiger partial charge in [-0.3, -0.25) is 4.79 Å². The Labute approximate surface area is 130 Å². The molecule has 0 heterocycles. The molecule has 0 fully saturated rings. The van der Waals surface area contributed by atoms with Crippen molar-refractivity contribution >= 4 is 5.91 Å². The highest BCUT2D eigenvalue weighted by Crippen LogP contribution is 2.20. The number of carbonyl (C=O) groups is 1. The van der Waals surface area contributed by atoms with Crippen molar-refractivity contribution in [2.75, 3.05) is 19.7 Å². The molecule has 2 N–H and O–H groups in total. The van der Waals surface area contributed by atoms with E-state index < -0.39 is 0 Å². The second-order valence-corrected chi connectivity index (χ2v) is 5.27. The van der Waals surface area contributed by atoms with Gasteiger partial charge in [0, 0.05) is 13.1 Å². The van der Waals surface area contributed by atoms with Gasteiger partial charge < -0.3 is 15.1 Å². The summed E-state index contributed by atoms with van der Waals surface area (Å²) in [6, 6.07) is 14.8. The molecule has 2 aromatic rings. The maximum absolute atomic E-state index is 12.6. The molecule has 0 spiro atoms. The smallest absolute Gasteiger partial charge is 0.257 e. The Kier molecular flexibility index (Phi) is 5.55. The van der Waals surface area contributed by atoms with E-state index in [0.29, 0.717) is 13.0 Å². The molecule has 0 aromatic heterocycles. The molecule has 0 unspecified atom stereocenters. The highest BCUT2D eigenvalue weighted by Gasteiger charge is 2.18. The lowest BCUT2D eigenvalue weighted by atomic mass is 10.1. The Hall–Kier alpha value is -2.33. The molecule has 116 valence electrons. The number of hydrogen-bond acceptors (Lipinski definition) is 3. The van der Waals surface area contributed by atoms with E-state index in [1.54, 1.807) is 17.0 Å². The first kappa shape index (κ1) is 16.0. The standard InChI is InChI=1S/C18H21NO3/c1-14-7-8-17(21)16(13-14)18(22)19(11-12-20)10-9-15-5-3-2-4-6-15/h2-8,13,20-21H,9-12H2,1H3. The number of aromatic hydroxyl groups is 1. The summed E-state index contributed by atoms with van der Waals surface area (Å²) in [5.41, 5.74) is 2.32. The van der Waals surface area contributed by atoms with Crippen LogP contribution in [0.15, 0.2) is 48.5 Å². The number of aryl methyl sites for hydroxylation is 1. The van der Waals surface area contributed by atoms with Crippen molar-refractivity contribution < 1.29 is 15.0 Å². The Morgan fingerprint density at radius 1 is 1.09 bits per heavy atom. The number of aliphatic hydroxyl groups is 1. The second kappa shape index (κ2) is 7.61. The fourth-order valence-electron chi connectivity index (χ4n) is 2.34. The first-order valence-corrected chi connectivity index (χ1v) is 7.35. The van der Waals surface area contributed by atoms with Crippen molar-refractivity contribution in [1.82, 2.24) is 4.90 Å². The lowest BCUT2D eigenvalue weighted by Gasteiger charge is -2.22. The number of aliphatic hydroxyl groups excluding tert-OH is 1. The number of carbonyl (C=O) groups excluding carboxylic acids is 1. The lowest BCUT2D eigenvalue weighted by molar-refractivity contribution is 0.0721. The van der Waals surface area contributed by atoms with E-state index in [-0.39, 0.29) is 30.4 Å². The van der Waals surface area contributed by atoms with Crippen LogP contribution in [0.3, 0.4) is 0 Å². The zero-order chi connectivity index (χ0) is 15.9. The van der Waals surface area contributed by atoms with Crippen LogP contribution < -0.4 is 0 Å². The van der Waals surface area contributed by atoms with Crippen molar-refractivity contribution in [3.05, 3.63) is 65.2 Å². The van der Waals surface area contributed by atoms with Gasteiger partial charge in [0.2, 0.25) is 0 Å². The summed E-state index contributed by atoms with van der Waals surface area (Å²) in [6.45, 7) is 2.51. The normalized spacial score (nSPS) is 10.5. The Morgan fingerprint density at radius 3 is 2.50 bits per heavy atom. The third kappa shape index (κ3) is 4.09. The zero-order valence-corrected chi connectivity index (χ0v) is 12.7. The lowest BCUT2D eigenvalue weighted by Crippen LogP contribution is -2.35. The number of benzene rings is 2. The van der Waals surface area contributed by atoms with E-state index >= 15 is 0 Å². The summed E-state index contributed by atoms with van der Waals surface area (Å²) in [4.78, 5) is 14.2. The van der Waals surface area contributed by atoms with Crippen molar-refractivity contribution in [2.45, 2.75) is 13.3 Å². The maximum Gasteiger partial charge on any atom is 0.257 e. The van der Waals surface area contributed by atoms with Crippen LogP contribution in [0, 0.1) is 6.92 Å². The molecular formula is C18H21NO3. The van der Waals surface area contributed by atoms with Crippen LogP contribution in [-0.4, -0.2) is 40.7 Å². The minimum Gasteiger partial charge on any atom is -0.507 e. The molecule has 0 radical (unpaired) electrons. The predicted molar refractivity (Wildman–Crippen MR) is 86.0 cm³/mol. The van der Waals surface area contributed by atoms with Crippen molar-refractivity contribution in [2.24, 2.45) is 0 Å². The highest BCUT2D eigenvalue weighted by atomic mass is 16.3. The van der Waals surface area contributed by atoms with E-state index in [2.05, 4.69) is 0 Å². The predicted octanol–water partition coefficient (Wildman–Crippen LogP) is 2.38. The van der Waals surface area contributed by atoms with Gasteiger partial charge in [-0.05, 0) is 31.0 Å². The quantitative estimate of drug-likeness (QED) is 0.861. The number of hydrogen-bond donors (Lipinski definition) is 2. The summed E-state index contributed by atoms with van der Waals surface area (Å²) >= 11 is 0. The Bertz CT molecular complexity index is 625. The number of phenols is 1. The molecule has 2 aromatic carbocycles. The van der Waals surface area contributed by atoms with Gasteiger partial charge >= 0.3 is 0 Å². The summed E-state index contributed by atoms with van der Waals surface area (Å²) < 4.78 is 0. The van der Waals surface area contributed by atoms with Gasteiger partial charge in [-0.15, -0.1) is 0 Å². The third-order valence-corrected chi connectivity index (χ3v) is 3.55. The molecule has 0 aliphatic carbocycles. The van der Waals surface area contributed by atoms with E-state index in [0.717, 1.165) is 11.1 Å². The maximum atomic E-state index is 12.6. The number of rotatable bonds is 6. The molecule has 0 aliphatic heterocycles. The van der Waals surface area contributed by atoms with Gasteiger partial charge in [-0.25, -0.2) is 0 Å².